The lowest BCUT2D eigenvalue weighted by Gasteiger charge is -2.20. The van der Waals surface area contributed by atoms with Crippen LogP contribution in [0.15, 0.2) is 91.0 Å². The van der Waals surface area contributed by atoms with E-state index in [1.807, 2.05) is 87.5 Å². The van der Waals surface area contributed by atoms with Crippen LogP contribution in [0.1, 0.15) is 63.9 Å². The number of aromatic nitrogens is 1. The molecular formula is C37H38N2O4. The van der Waals surface area contributed by atoms with E-state index >= 15 is 0 Å². The third-order valence-electron chi connectivity index (χ3n) is 7.64. The predicted octanol–water partition coefficient (Wildman–Crippen LogP) is 7.87. The number of nitrogens with zero attached hydrogens (tertiary/aromatic N) is 1. The summed E-state index contributed by atoms with van der Waals surface area (Å²) in [6.07, 6.45) is 0. The number of esters is 1. The van der Waals surface area contributed by atoms with Gasteiger partial charge in [0.2, 0.25) is 0 Å². The highest BCUT2D eigenvalue weighted by Gasteiger charge is 2.21. The smallest absolute Gasteiger partial charge is 0.339 e. The van der Waals surface area contributed by atoms with Crippen molar-refractivity contribution in [3.8, 4) is 16.9 Å². The zero-order valence-electron chi connectivity index (χ0n) is 25.7. The summed E-state index contributed by atoms with van der Waals surface area (Å²) in [6, 6.07) is 29.4. The topological polar surface area (TPSA) is 69.6 Å². The number of hydrogen-bond donors (Lipinski definition) is 1. The van der Waals surface area contributed by atoms with Gasteiger partial charge < -0.3 is 19.4 Å². The van der Waals surface area contributed by atoms with Gasteiger partial charge in [0.05, 0.1) is 12.7 Å². The molecule has 4 aromatic carbocycles. The van der Waals surface area contributed by atoms with Gasteiger partial charge in [-0.2, -0.15) is 0 Å². The van der Waals surface area contributed by atoms with Gasteiger partial charge in [0, 0.05) is 35.2 Å². The maximum absolute atomic E-state index is 13.0. The van der Waals surface area contributed by atoms with Crippen molar-refractivity contribution in [3.05, 3.63) is 125 Å². The van der Waals surface area contributed by atoms with Crippen LogP contribution in [0.2, 0.25) is 0 Å². The van der Waals surface area contributed by atoms with Crippen molar-refractivity contribution < 1.29 is 19.1 Å². The molecule has 1 amide bonds. The first-order valence-corrected chi connectivity index (χ1v) is 14.5. The number of rotatable bonds is 8. The number of hydrogen-bond acceptors (Lipinski definition) is 4. The van der Waals surface area contributed by atoms with Crippen molar-refractivity contribution in [3.63, 3.8) is 0 Å². The van der Waals surface area contributed by atoms with E-state index in [1.54, 1.807) is 7.11 Å². The number of aryl methyl sites for hydroxylation is 1. The molecule has 0 aliphatic carbocycles. The molecule has 0 saturated heterocycles. The minimum absolute atomic E-state index is 0.114. The van der Waals surface area contributed by atoms with Crippen molar-refractivity contribution in [2.75, 3.05) is 7.11 Å². The van der Waals surface area contributed by atoms with Crippen LogP contribution < -0.4 is 10.1 Å². The second-order valence-electron chi connectivity index (χ2n) is 11.8. The molecule has 6 heteroatoms. The lowest BCUT2D eigenvalue weighted by atomic mass is 9.98. The molecule has 5 rings (SSSR count). The van der Waals surface area contributed by atoms with Gasteiger partial charge in [-0.05, 0) is 98.8 Å². The van der Waals surface area contributed by atoms with Crippen LogP contribution in [0.5, 0.6) is 5.75 Å². The van der Waals surface area contributed by atoms with Crippen molar-refractivity contribution in [1.82, 2.24) is 9.88 Å². The van der Waals surface area contributed by atoms with Gasteiger partial charge in [-0.3, -0.25) is 4.79 Å². The van der Waals surface area contributed by atoms with Crippen molar-refractivity contribution in [2.24, 2.45) is 0 Å². The summed E-state index contributed by atoms with van der Waals surface area (Å²) in [5.74, 6) is 0.322. The van der Waals surface area contributed by atoms with E-state index < -0.39 is 5.60 Å². The van der Waals surface area contributed by atoms with Crippen molar-refractivity contribution >= 4 is 22.8 Å². The minimum atomic E-state index is -0.565. The Morgan fingerprint density at radius 1 is 0.837 bits per heavy atom. The number of methoxy groups -OCH3 is 1. The number of carbonyl (C=O) groups excluding carboxylic acids is 2. The molecule has 0 radical (unpaired) electrons. The van der Waals surface area contributed by atoms with E-state index in [0.717, 1.165) is 50.2 Å². The molecule has 0 unspecified atom stereocenters. The van der Waals surface area contributed by atoms with Crippen LogP contribution in [0.3, 0.4) is 0 Å². The third kappa shape index (κ3) is 6.64. The molecule has 0 aliphatic rings. The van der Waals surface area contributed by atoms with Gasteiger partial charge in [-0.1, -0.05) is 54.6 Å². The highest BCUT2D eigenvalue weighted by Crippen LogP contribution is 2.29. The molecule has 220 valence electrons. The van der Waals surface area contributed by atoms with E-state index in [2.05, 4.69) is 48.0 Å². The molecular weight excluding hydrogens is 536 g/mol. The molecule has 0 spiro atoms. The Labute approximate surface area is 253 Å². The average molecular weight is 575 g/mol. The van der Waals surface area contributed by atoms with Gasteiger partial charge in [0.1, 0.15) is 11.4 Å². The summed E-state index contributed by atoms with van der Waals surface area (Å²) in [5.41, 5.74) is 7.93. The van der Waals surface area contributed by atoms with Crippen molar-refractivity contribution in [2.45, 2.75) is 53.3 Å². The Morgan fingerprint density at radius 2 is 1.58 bits per heavy atom. The average Bonchev–Trinajstić information content (AvgIpc) is 3.23. The Bertz CT molecular complexity index is 1790. The summed E-state index contributed by atoms with van der Waals surface area (Å²) < 4.78 is 13.2. The van der Waals surface area contributed by atoms with Gasteiger partial charge >= 0.3 is 5.97 Å². The molecule has 0 bridgehead atoms. The van der Waals surface area contributed by atoms with E-state index in [1.165, 1.54) is 0 Å². The normalized spacial score (nSPS) is 11.4. The summed E-state index contributed by atoms with van der Waals surface area (Å²) in [6.45, 7) is 10.9. The fraction of sp³-hybridized carbons (Fsp3) is 0.243. The quantitative estimate of drug-likeness (QED) is 0.192. The molecule has 0 saturated carbocycles. The monoisotopic (exact) mass is 574 g/mol. The molecule has 6 nitrogen and oxygen atoms in total. The first-order valence-electron chi connectivity index (χ1n) is 14.5. The highest BCUT2D eigenvalue weighted by atomic mass is 16.6. The summed E-state index contributed by atoms with van der Waals surface area (Å²) in [7, 11) is 1.63. The molecule has 5 aromatic rings. The van der Waals surface area contributed by atoms with Crippen LogP contribution in [0.25, 0.3) is 22.0 Å². The van der Waals surface area contributed by atoms with Crippen molar-refractivity contribution in [1.29, 1.82) is 0 Å². The zero-order valence-corrected chi connectivity index (χ0v) is 25.7. The summed E-state index contributed by atoms with van der Waals surface area (Å²) >= 11 is 0. The van der Waals surface area contributed by atoms with Gasteiger partial charge in [-0.15, -0.1) is 0 Å². The summed E-state index contributed by atoms with van der Waals surface area (Å²) in [4.78, 5) is 25.9. The molecule has 0 atom stereocenters. The maximum atomic E-state index is 13.0. The second kappa shape index (κ2) is 12.2. The number of carbonyl (C=O) groups is 2. The standard InChI is InChI=1S/C37H38N2O4/c1-24-25(2)39(34-19-18-29(21-33(24)34)35(40)38-22-27-10-9-11-30(20-27)42-6)23-26-14-16-28(17-15-26)31-12-7-8-13-32(31)36(41)43-37(3,4)5/h7-21H,22-23H2,1-6H3,(H,38,40). The number of ether oxygens (including phenoxy) is 2. The maximum Gasteiger partial charge on any atom is 0.339 e. The van der Waals surface area contributed by atoms with E-state index in [0.29, 0.717) is 24.2 Å². The molecule has 1 heterocycles. The number of benzene rings is 4. The predicted molar refractivity (Wildman–Crippen MR) is 172 cm³/mol. The van der Waals surface area contributed by atoms with E-state index in [9.17, 15) is 9.59 Å². The SMILES string of the molecule is COc1cccc(CNC(=O)c2ccc3c(c2)c(C)c(C)n3Cc2ccc(-c3ccccc3C(=O)OC(C)(C)C)cc2)c1. The minimum Gasteiger partial charge on any atom is -0.497 e. The van der Waals surface area contributed by atoms with Gasteiger partial charge in [0.25, 0.3) is 5.91 Å². The van der Waals surface area contributed by atoms with Crippen LogP contribution in [-0.2, 0) is 17.8 Å². The van der Waals surface area contributed by atoms with Crippen LogP contribution in [0.4, 0.5) is 0 Å². The first kappa shape index (κ1) is 29.6. The number of amides is 1. The van der Waals surface area contributed by atoms with Gasteiger partial charge in [0.15, 0.2) is 0 Å². The lowest BCUT2D eigenvalue weighted by Crippen LogP contribution is -2.24. The second-order valence-corrected chi connectivity index (χ2v) is 11.8. The molecule has 0 fully saturated rings. The fourth-order valence-electron chi connectivity index (χ4n) is 5.28. The first-order chi connectivity index (χ1) is 20.5. The van der Waals surface area contributed by atoms with Crippen LogP contribution >= 0.6 is 0 Å². The van der Waals surface area contributed by atoms with E-state index in [4.69, 9.17) is 9.47 Å². The molecule has 1 aromatic heterocycles. The Morgan fingerprint density at radius 3 is 2.30 bits per heavy atom. The fourth-order valence-corrected chi connectivity index (χ4v) is 5.28. The van der Waals surface area contributed by atoms with Crippen LogP contribution in [0, 0.1) is 13.8 Å². The zero-order chi connectivity index (χ0) is 30.7. The van der Waals surface area contributed by atoms with Gasteiger partial charge in [-0.25, -0.2) is 4.79 Å². The van der Waals surface area contributed by atoms with Crippen LogP contribution in [-0.4, -0.2) is 29.2 Å². The lowest BCUT2D eigenvalue weighted by molar-refractivity contribution is 0.00703. The Kier molecular flexibility index (Phi) is 8.40. The molecule has 43 heavy (non-hydrogen) atoms. The summed E-state index contributed by atoms with van der Waals surface area (Å²) in [5, 5.41) is 4.09. The van der Waals surface area contributed by atoms with E-state index in [-0.39, 0.29) is 11.9 Å². The highest BCUT2D eigenvalue weighted by molar-refractivity contribution is 5.99. The number of nitrogens with one attached hydrogen (secondary N) is 1. The Balaban J connectivity index is 1.34. The Hall–Kier alpha value is -4.84. The largest absolute Gasteiger partial charge is 0.497 e. The number of fused-ring (bicyclic) bond motifs is 1. The third-order valence-corrected chi connectivity index (χ3v) is 7.64. The molecule has 0 aliphatic heterocycles. The molecule has 1 N–H and O–H groups in total.